The molecule has 98 valence electrons. The SMILES string of the molecule is C/C=C\c1ccnc(N(C)C2CCN(C)CC2)c1. The van der Waals surface area contributed by atoms with Crippen molar-refractivity contribution >= 4 is 11.9 Å². The van der Waals surface area contributed by atoms with Gasteiger partial charge in [0.15, 0.2) is 0 Å². The van der Waals surface area contributed by atoms with Crippen molar-refractivity contribution in [2.75, 3.05) is 32.1 Å². The number of aromatic nitrogens is 1. The highest BCUT2D eigenvalue weighted by molar-refractivity contribution is 5.54. The molecule has 2 heterocycles. The summed E-state index contributed by atoms with van der Waals surface area (Å²) in [6.45, 7) is 4.41. The van der Waals surface area contributed by atoms with Crippen molar-refractivity contribution in [2.24, 2.45) is 0 Å². The van der Waals surface area contributed by atoms with Gasteiger partial charge in [0.1, 0.15) is 5.82 Å². The van der Waals surface area contributed by atoms with Crippen molar-refractivity contribution in [3.63, 3.8) is 0 Å². The summed E-state index contributed by atoms with van der Waals surface area (Å²) in [5.74, 6) is 1.08. The molecule has 0 N–H and O–H groups in total. The lowest BCUT2D eigenvalue weighted by molar-refractivity contribution is 0.252. The van der Waals surface area contributed by atoms with E-state index in [2.05, 4.69) is 47.1 Å². The van der Waals surface area contributed by atoms with Crippen LogP contribution >= 0.6 is 0 Å². The van der Waals surface area contributed by atoms with Crippen LogP contribution in [-0.2, 0) is 0 Å². The summed E-state index contributed by atoms with van der Waals surface area (Å²) in [6.07, 6.45) is 8.53. The zero-order chi connectivity index (χ0) is 13.0. The first kappa shape index (κ1) is 13.1. The molecule has 0 unspecified atom stereocenters. The largest absolute Gasteiger partial charge is 0.357 e. The highest BCUT2D eigenvalue weighted by Crippen LogP contribution is 2.20. The zero-order valence-corrected chi connectivity index (χ0v) is 11.6. The molecule has 1 aromatic rings. The Morgan fingerprint density at radius 3 is 2.78 bits per heavy atom. The molecule has 3 nitrogen and oxygen atoms in total. The second kappa shape index (κ2) is 6.01. The van der Waals surface area contributed by atoms with Crippen LogP contribution in [0.5, 0.6) is 0 Å². The number of hydrogen-bond acceptors (Lipinski definition) is 3. The molecule has 1 aromatic heterocycles. The molecule has 0 saturated carbocycles. The van der Waals surface area contributed by atoms with E-state index in [0.717, 1.165) is 5.82 Å². The number of anilines is 1. The number of allylic oxidation sites excluding steroid dienone is 1. The summed E-state index contributed by atoms with van der Waals surface area (Å²) in [7, 11) is 4.36. The minimum absolute atomic E-state index is 0.620. The average Bonchev–Trinajstić information content (AvgIpc) is 2.39. The van der Waals surface area contributed by atoms with Crippen molar-refractivity contribution in [1.82, 2.24) is 9.88 Å². The number of hydrogen-bond donors (Lipinski definition) is 0. The van der Waals surface area contributed by atoms with Gasteiger partial charge in [-0.25, -0.2) is 4.98 Å². The lowest BCUT2D eigenvalue weighted by Gasteiger charge is -2.35. The molecule has 3 heteroatoms. The lowest BCUT2D eigenvalue weighted by atomic mass is 10.0. The number of piperidine rings is 1. The van der Waals surface area contributed by atoms with Gasteiger partial charge in [0, 0.05) is 19.3 Å². The molecule has 2 rings (SSSR count). The minimum atomic E-state index is 0.620. The molecular formula is C15H23N3. The molecule has 1 saturated heterocycles. The predicted molar refractivity (Wildman–Crippen MR) is 77.9 cm³/mol. The number of nitrogens with zero attached hydrogens (tertiary/aromatic N) is 3. The molecule has 0 radical (unpaired) electrons. The molecule has 1 aliphatic heterocycles. The van der Waals surface area contributed by atoms with E-state index in [9.17, 15) is 0 Å². The fourth-order valence-electron chi connectivity index (χ4n) is 2.49. The smallest absolute Gasteiger partial charge is 0.129 e. The summed E-state index contributed by atoms with van der Waals surface area (Å²) >= 11 is 0. The Balaban J connectivity index is 2.08. The lowest BCUT2D eigenvalue weighted by Crippen LogP contribution is -2.42. The second-order valence-corrected chi connectivity index (χ2v) is 5.09. The molecule has 0 atom stereocenters. The van der Waals surface area contributed by atoms with Crippen LogP contribution in [0.2, 0.25) is 0 Å². The molecule has 0 amide bonds. The van der Waals surface area contributed by atoms with Crippen LogP contribution in [0.3, 0.4) is 0 Å². The van der Waals surface area contributed by atoms with Gasteiger partial charge in [0.05, 0.1) is 0 Å². The number of pyridine rings is 1. The maximum absolute atomic E-state index is 4.49. The summed E-state index contributed by atoms with van der Waals surface area (Å²) in [4.78, 5) is 9.22. The Hall–Kier alpha value is -1.35. The summed E-state index contributed by atoms with van der Waals surface area (Å²) in [5.41, 5.74) is 1.22. The monoisotopic (exact) mass is 245 g/mol. The zero-order valence-electron chi connectivity index (χ0n) is 11.6. The van der Waals surface area contributed by atoms with E-state index in [-0.39, 0.29) is 0 Å². The van der Waals surface area contributed by atoms with Gasteiger partial charge in [-0.1, -0.05) is 12.2 Å². The van der Waals surface area contributed by atoms with E-state index >= 15 is 0 Å². The fraction of sp³-hybridized carbons (Fsp3) is 0.533. The predicted octanol–water partition coefficient (Wildman–Crippen LogP) is 2.65. The van der Waals surface area contributed by atoms with Crippen LogP contribution in [0.15, 0.2) is 24.4 Å². The molecular weight excluding hydrogens is 222 g/mol. The van der Waals surface area contributed by atoms with E-state index in [4.69, 9.17) is 0 Å². The Labute approximate surface area is 110 Å². The first-order valence-corrected chi connectivity index (χ1v) is 6.71. The molecule has 0 aromatic carbocycles. The molecule has 0 bridgehead atoms. The third-order valence-electron chi connectivity index (χ3n) is 3.73. The highest BCUT2D eigenvalue weighted by Gasteiger charge is 2.21. The van der Waals surface area contributed by atoms with Gasteiger partial charge in [0.2, 0.25) is 0 Å². The van der Waals surface area contributed by atoms with E-state index in [1.165, 1.54) is 31.5 Å². The minimum Gasteiger partial charge on any atom is -0.357 e. The molecule has 18 heavy (non-hydrogen) atoms. The van der Waals surface area contributed by atoms with Crippen molar-refractivity contribution in [1.29, 1.82) is 0 Å². The molecule has 1 fully saturated rings. The number of likely N-dealkylation sites (tertiary alicyclic amines) is 1. The maximum Gasteiger partial charge on any atom is 0.129 e. The Morgan fingerprint density at radius 2 is 2.11 bits per heavy atom. The van der Waals surface area contributed by atoms with Crippen LogP contribution in [0.25, 0.3) is 6.08 Å². The second-order valence-electron chi connectivity index (χ2n) is 5.09. The van der Waals surface area contributed by atoms with Gasteiger partial charge in [-0.2, -0.15) is 0 Å². The van der Waals surface area contributed by atoms with Crippen LogP contribution in [-0.4, -0.2) is 43.1 Å². The molecule has 0 aliphatic carbocycles. The third kappa shape index (κ3) is 3.10. The van der Waals surface area contributed by atoms with Gasteiger partial charge in [-0.05, 0) is 57.6 Å². The Kier molecular flexibility index (Phi) is 4.37. The van der Waals surface area contributed by atoms with Crippen LogP contribution in [0, 0.1) is 0 Å². The average molecular weight is 245 g/mol. The molecule has 1 aliphatic rings. The summed E-state index contributed by atoms with van der Waals surface area (Å²) in [5, 5.41) is 0. The van der Waals surface area contributed by atoms with Crippen LogP contribution in [0.4, 0.5) is 5.82 Å². The first-order valence-electron chi connectivity index (χ1n) is 6.71. The Morgan fingerprint density at radius 1 is 1.39 bits per heavy atom. The normalized spacial score (nSPS) is 18.4. The van der Waals surface area contributed by atoms with Crippen LogP contribution in [0.1, 0.15) is 25.3 Å². The van der Waals surface area contributed by atoms with E-state index < -0.39 is 0 Å². The quantitative estimate of drug-likeness (QED) is 0.816. The van der Waals surface area contributed by atoms with Crippen LogP contribution < -0.4 is 4.90 Å². The third-order valence-corrected chi connectivity index (χ3v) is 3.73. The van der Waals surface area contributed by atoms with Crippen molar-refractivity contribution in [3.8, 4) is 0 Å². The Bertz CT molecular complexity index is 406. The van der Waals surface area contributed by atoms with E-state index in [1.54, 1.807) is 0 Å². The molecule has 0 spiro atoms. The topological polar surface area (TPSA) is 19.4 Å². The standard InChI is InChI=1S/C15H23N3/c1-4-5-13-6-9-16-15(12-13)18(3)14-7-10-17(2)11-8-14/h4-6,9,12,14H,7-8,10-11H2,1-3H3/b5-4-. The first-order chi connectivity index (χ1) is 8.70. The van der Waals surface area contributed by atoms with Gasteiger partial charge >= 0.3 is 0 Å². The van der Waals surface area contributed by atoms with Gasteiger partial charge < -0.3 is 9.80 Å². The van der Waals surface area contributed by atoms with Crippen molar-refractivity contribution < 1.29 is 0 Å². The van der Waals surface area contributed by atoms with Crippen molar-refractivity contribution in [3.05, 3.63) is 30.0 Å². The van der Waals surface area contributed by atoms with Gasteiger partial charge in [0.25, 0.3) is 0 Å². The number of rotatable bonds is 3. The van der Waals surface area contributed by atoms with Crippen molar-refractivity contribution in [2.45, 2.75) is 25.8 Å². The fourth-order valence-corrected chi connectivity index (χ4v) is 2.49. The van der Waals surface area contributed by atoms with E-state index in [0.29, 0.717) is 6.04 Å². The van der Waals surface area contributed by atoms with Gasteiger partial charge in [-0.15, -0.1) is 0 Å². The maximum atomic E-state index is 4.49. The van der Waals surface area contributed by atoms with E-state index in [1.807, 2.05) is 19.2 Å². The summed E-state index contributed by atoms with van der Waals surface area (Å²) < 4.78 is 0. The highest BCUT2D eigenvalue weighted by atomic mass is 15.2. The van der Waals surface area contributed by atoms with Gasteiger partial charge in [-0.3, -0.25) is 0 Å². The summed E-state index contributed by atoms with van der Waals surface area (Å²) in [6, 6.07) is 4.83.